The fourth-order valence-corrected chi connectivity index (χ4v) is 11.2. The number of thioether (sulfide) groups is 1. The molecule has 3 unspecified atom stereocenters. The van der Waals surface area contributed by atoms with Crippen molar-refractivity contribution in [2.75, 3.05) is 49.1 Å². The van der Waals surface area contributed by atoms with Crippen molar-refractivity contribution in [3.05, 3.63) is 85.5 Å². The van der Waals surface area contributed by atoms with Crippen LogP contribution in [0.25, 0.3) is 0 Å². The number of likely N-dealkylation sites (tertiary alicyclic amines) is 1. The Hall–Kier alpha value is -3.08. The number of fused-ring (bicyclic) bond motifs is 1. The molecule has 0 aliphatic carbocycles. The number of nitrogens with zero attached hydrogens (tertiary/aromatic N) is 4. The Balaban J connectivity index is 1.52. The fourth-order valence-electron chi connectivity index (χ4n) is 7.61. The second-order valence-corrected chi connectivity index (χ2v) is 14.9. The summed E-state index contributed by atoms with van der Waals surface area (Å²) in [7, 11) is 0. The number of hydrogen-bond donors (Lipinski definition) is 1. The minimum Gasteiger partial charge on any atom is -0.396 e. The molecular weight excluding hydrogens is 664 g/mol. The van der Waals surface area contributed by atoms with Crippen LogP contribution in [0.4, 0.5) is 11.4 Å². The smallest absolute Gasteiger partial charge is 0.251 e. The standard InChI is InChI=1S/C36H45BrN4O4S/c1-5-19-39(24-25-13-10-9-11-14-25)33(43)29-30-34(44)41(21-12-22-42)32(36(30)23-28(37)31(29)46-36)35(45)40(20-6-2)27-17-15-26(16-18-27)38(7-3)8-4/h5-6,9-11,13-18,28-32,42H,1-2,7-8,12,19-24H2,3-4H3/t28?,29-,30+,31-,32?,36?/m1/s1. The van der Waals surface area contributed by atoms with E-state index in [1.807, 2.05) is 54.6 Å². The van der Waals surface area contributed by atoms with Crippen molar-refractivity contribution < 1.29 is 19.5 Å². The van der Waals surface area contributed by atoms with E-state index in [9.17, 15) is 19.5 Å². The first-order valence-electron chi connectivity index (χ1n) is 16.2. The topological polar surface area (TPSA) is 84.4 Å². The highest BCUT2D eigenvalue weighted by Crippen LogP contribution is 2.68. The van der Waals surface area contributed by atoms with E-state index in [0.29, 0.717) is 25.9 Å². The number of halogens is 1. The Kier molecular flexibility index (Phi) is 11.0. The zero-order chi connectivity index (χ0) is 33.0. The normalized spacial score (nSPS) is 26.1. The van der Waals surface area contributed by atoms with Gasteiger partial charge in [0.05, 0.1) is 16.6 Å². The van der Waals surface area contributed by atoms with Crippen molar-refractivity contribution in [2.24, 2.45) is 11.8 Å². The molecule has 2 bridgehead atoms. The van der Waals surface area contributed by atoms with E-state index in [-0.39, 0.29) is 47.5 Å². The van der Waals surface area contributed by atoms with Gasteiger partial charge in [0.2, 0.25) is 11.8 Å². The van der Waals surface area contributed by atoms with Crippen LogP contribution in [-0.4, -0.2) is 92.8 Å². The summed E-state index contributed by atoms with van der Waals surface area (Å²) in [6.45, 7) is 15.0. The number of rotatable bonds is 15. The molecule has 246 valence electrons. The Bertz CT molecular complexity index is 1420. The predicted molar refractivity (Wildman–Crippen MR) is 190 cm³/mol. The van der Waals surface area contributed by atoms with Crippen LogP contribution >= 0.6 is 27.7 Å². The maximum absolute atomic E-state index is 14.8. The van der Waals surface area contributed by atoms with Gasteiger partial charge in [0.15, 0.2) is 0 Å². The Labute approximate surface area is 285 Å². The third-order valence-electron chi connectivity index (χ3n) is 9.61. The zero-order valence-corrected chi connectivity index (χ0v) is 29.2. The van der Waals surface area contributed by atoms with Crippen molar-refractivity contribution >= 4 is 56.8 Å². The highest BCUT2D eigenvalue weighted by molar-refractivity contribution is 9.09. The van der Waals surface area contributed by atoms with E-state index in [4.69, 9.17) is 0 Å². The third kappa shape index (κ3) is 6.16. The first-order chi connectivity index (χ1) is 22.3. The first kappa shape index (κ1) is 34.3. The lowest BCUT2D eigenvalue weighted by Crippen LogP contribution is -2.56. The number of anilines is 2. The molecular formula is C36H45BrN4O4S. The minimum atomic E-state index is -0.784. The largest absolute Gasteiger partial charge is 0.396 e. The molecule has 2 aromatic rings. The number of carbonyl (C=O) groups excluding carboxylic acids is 3. The second-order valence-electron chi connectivity index (χ2n) is 12.2. The van der Waals surface area contributed by atoms with Gasteiger partial charge in [0.25, 0.3) is 5.91 Å². The average molecular weight is 710 g/mol. The van der Waals surface area contributed by atoms with Gasteiger partial charge >= 0.3 is 0 Å². The average Bonchev–Trinajstić information content (AvgIpc) is 3.66. The first-order valence-corrected chi connectivity index (χ1v) is 18.0. The molecule has 0 saturated carbocycles. The number of aliphatic hydroxyl groups is 1. The van der Waals surface area contributed by atoms with Crippen LogP contribution in [0.3, 0.4) is 0 Å². The highest BCUT2D eigenvalue weighted by atomic mass is 79.9. The van der Waals surface area contributed by atoms with Crippen LogP contribution in [0.2, 0.25) is 0 Å². The van der Waals surface area contributed by atoms with E-state index in [0.717, 1.165) is 30.0 Å². The number of amides is 3. The Morgan fingerprint density at radius 2 is 1.67 bits per heavy atom. The van der Waals surface area contributed by atoms with Gasteiger partial charge in [-0.3, -0.25) is 14.4 Å². The van der Waals surface area contributed by atoms with Gasteiger partial charge in [-0.15, -0.1) is 24.9 Å². The highest BCUT2D eigenvalue weighted by Gasteiger charge is 2.76. The van der Waals surface area contributed by atoms with Gasteiger partial charge in [-0.05, 0) is 56.5 Å². The van der Waals surface area contributed by atoms with Crippen LogP contribution in [0.5, 0.6) is 0 Å². The van der Waals surface area contributed by atoms with Crippen LogP contribution < -0.4 is 9.80 Å². The Morgan fingerprint density at radius 3 is 2.28 bits per heavy atom. The monoisotopic (exact) mass is 708 g/mol. The molecule has 3 aliphatic heterocycles. The van der Waals surface area contributed by atoms with Crippen molar-refractivity contribution in [2.45, 2.75) is 54.1 Å². The van der Waals surface area contributed by atoms with Crippen LogP contribution in [0, 0.1) is 11.8 Å². The molecule has 6 atom stereocenters. The summed E-state index contributed by atoms with van der Waals surface area (Å²) >= 11 is 5.51. The summed E-state index contributed by atoms with van der Waals surface area (Å²) in [4.78, 5) is 51.2. The number of benzene rings is 2. The van der Waals surface area contributed by atoms with Crippen molar-refractivity contribution in [3.63, 3.8) is 0 Å². The molecule has 8 nitrogen and oxygen atoms in total. The summed E-state index contributed by atoms with van der Waals surface area (Å²) in [5.41, 5.74) is 2.81. The molecule has 3 saturated heterocycles. The molecule has 3 aliphatic rings. The van der Waals surface area contributed by atoms with Crippen molar-refractivity contribution in [1.82, 2.24) is 9.80 Å². The lowest BCUT2D eigenvalue weighted by Gasteiger charge is -2.38. The van der Waals surface area contributed by atoms with Gasteiger partial charge in [0.1, 0.15) is 6.04 Å². The summed E-state index contributed by atoms with van der Waals surface area (Å²) in [5.74, 6) is -1.67. The maximum Gasteiger partial charge on any atom is 0.251 e. The molecule has 10 heteroatoms. The zero-order valence-electron chi connectivity index (χ0n) is 26.8. The molecule has 3 fully saturated rings. The number of hydrogen-bond acceptors (Lipinski definition) is 6. The number of aliphatic hydroxyl groups excluding tert-OH is 1. The molecule has 3 amide bonds. The van der Waals surface area contributed by atoms with E-state index in [1.54, 1.807) is 38.6 Å². The van der Waals surface area contributed by atoms with Crippen molar-refractivity contribution in [1.29, 1.82) is 0 Å². The summed E-state index contributed by atoms with van der Waals surface area (Å²) in [6.07, 6.45) is 4.37. The van der Waals surface area contributed by atoms with Crippen LogP contribution in [-0.2, 0) is 20.9 Å². The van der Waals surface area contributed by atoms with Gasteiger partial charge in [-0.25, -0.2) is 0 Å². The minimum absolute atomic E-state index is 0.0351. The third-order valence-corrected chi connectivity index (χ3v) is 12.8. The molecule has 46 heavy (non-hydrogen) atoms. The lowest BCUT2D eigenvalue weighted by molar-refractivity contribution is -0.144. The number of carbonyl (C=O) groups is 3. The van der Waals surface area contributed by atoms with Gasteiger partial charge < -0.3 is 24.7 Å². The second kappa shape index (κ2) is 14.8. The lowest BCUT2D eigenvalue weighted by atomic mass is 9.70. The summed E-state index contributed by atoms with van der Waals surface area (Å²) in [6, 6.07) is 17.0. The van der Waals surface area contributed by atoms with E-state index >= 15 is 0 Å². The molecule has 1 N–H and O–H groups in total. The summed E-state index contributed by atoms with van der Waals surface area (Å²) < 4.78 is -0.782. The molecule has 1 spiro atoms. The van der Waals surface area contributed by atoms with Crippen molar-refractivity contribution in [3.8, 4) is 0 Å². The maximum atomic E-state index is 14.8. The molecule has 2 aromatic carbocycles. The van der Waals surface area contributed by atoms with Crippen LogP contribution in [0.1, 0.15) is 32.3 Å². The van der Waals surface area contributed by atoms with Crippen LogP contribution in [0.15, 0.2) is 79.9 Å². The summed E-state index contributed by atoms with van der Waals surface area (Å²) in [5, 5.41) is 9.62. The van der Waals surface area contributed by atoms with Gasteiger partial charge in [-0.1, -0.05) is 58.4 Å². The number of alkyl halides is 1. The molecule has 0 radical (unpaired) electrons. The van der Waals surface area contributed by atoms with E-state index in [1.165, 1.54) is 0 Å². The predicted octanol–water partition coefficient (Wildman–Crippen LogP) is 5.11. The van der Waals surface area contributed by atoms with Gasteiger partial charge in [0, 0.05) is 67.3 Å². The van der Waals surface area contributed by atoms with Gasteiger partial charge in [-0.2, -0.15) is 0 Å². The molecule has 3 heterocycles. The molecule has 5 rings (SSSR count). The SMILES string of the molecule is C=CCN(Cc1ccccc1)C(=O)[C@H]1[C@@H]2SC3(CC2Br)C(C(=O)N(CC=C)c2ccc(N(CC)CC)cc2)N(CCCO)C(=O)[C@H]13. The quantitative estimate of drug-likeness (QED) is 0.205. The van der Waals surface area contributed by atoms with E-state index < -0.39 is 22.6 Å². The molecule has 0 aromatic heterocycles. The Morgan fingerprint density at radius 1 is 1.02 bits per heavy atom. The fraction of sp³-hybridized carbons (Fsp3) is 0.472. The van der Waals surface area contributed by atoms with E-state index in [2.05, 4.69) is 47.8 Å².